The number of aryl methyl sites for hydroxylation is 1. The van der Waals surface area contributed by atoms with Gasteiger partial charge in [0, 0.05) is 12.5 Å². The number of nitrogen functional groups attached to an aromatic ring is 1. The minimum Gasteiger partial charge on any atom is -0.436 e. The van der Waals surface area contributed by atoms with Gasteiger partial charge in [0.05, 0.1) is 5.02 Å². The first-order valence-electron chi connectivity index (χ1n) is 5.35. The van der Waals surface area contributed by atoms with Crippen LogP contribution in [0.4, 0.5) is 10.2 Å². The molecule has 1 aromatic heterocycles. The lowest BCUT2D eigenvalue weighted by molar-refractivity contribution is 0.425. The van der Waals surface area contributed by atoms with Crippen LogP contribution in [0.2, 0.25) is 5.02 Å². The monoisotopic (exact) mass is 267 g/mol. The summed E-state index contributed by atoms with van der Waals surface area (Å²) in [5.41, 5.74) is 5.61. The number of hydrogen-bond acceptors (Lipinski definition) is 4. The van der Waals surface area contributed by atoms with Crippen molar-refractivity contribution in [3.8, 4) is 11.6 Å². The maximum absolute atomic E-state index is 13.6. The van der Waals surface area contributed by atoms with Crippen LogP contribution in [0.1, 0.15) is 12.7 Å². The molecule has 2 aromatic rings. The van der Waals surface area contributed by atoms with E-state index in [1.54, 1.807) is 6.07 Å². The molecule has 1 heterocycles. The summed E-state index contributed by atoms with van der Waals surface area (Å²) in [5, 5.41) is -0.00903. The van der Waals surface area contributed by atoms with Crippen molar-refractivity contribution in [2.24, 2.45) is 0 Å². The molecule has 4 nitrogen and oxygen atoms in total. The Bertz CT molecular complexity index is 577. The van der Waals surface area contributed by atoms with Crippen molar-refractivity contribution in [2.45, 2.75) is 13.3 Å². The summed E-state index contributed by atoms with van der Waals surface area (Å²) in [6, 6.07) is 5.92. The highest BCUT2D eigenvalue weighted by Crippen LogP contribution is 2.28. The fraction of sp³-hybridized carbons (Fsp3) is 0.167. The summed E-state index contributed by atoms with van der Waals surface area (Å²) < 4.78 is 19.0. The average Bonchev–Trinajstić information content (AvgIpc) is 2.34. The van der Waals surface area contributed by atoms with Gasteiger partial charge in [0.2, 0.25) is 5.88 Å². The highest BCUT2D eigenvalue weighted by molar-refractivity contribution is 6.30. The van der Waals surface area contributed by atoms with Crippen LogP contribution in [0.15, 0.2) is 24.3 Å². The van der Waals surface area contributed by atoms with Gasteiger partial charge in [-0.1, -0.05) is 24.6 Å². The predicted octanol–water partition coefficient (Wildman–Crippen LogP) is 3.21. The van der Waals surface area contributed by atoms with E-state index >= 15 is 0 Å². The van der Waals surface area contributed by atoms with Crippen molar-refractivity contribution in [1.29, 1.82) is 0 Å². The molecule has 0 aliphatic rings. The average molecular weight is 268 g/mol. The normalized spacial score (nSPS) is 10.4. The van der Waals surface area contributed by atoms with E-state index in [4.69, 9.17) is 22.1 Å². The van der Waals surface area contributed by atoms with E-state index in [0.717, 1.165) is 0 Å². The Hall–Kier alpha value is -1.88. The molecule has 18 heavy (non-hydrogen) atoms. The van der Waals surface area contributed by atoms with Crippen molar-refractivity contribution >= 4 is 17.4 Å². The first-order valence-corrected chi connectivity index (χ1v) is 5.73. The molecule has 0 amide bonds. The van der Waals surface area contributed by atoms with Crippen molar-refractivity contribution < 1.29 is 9.13 Å². The van der Waals surface area contributed by atoms with Crippen LogP contribution in [0.5, 0.6) is 11.6 Å². The van der Waals surface area contributed by atoms with Crippen LogP contribution < -0.4 is 10.5 Å². The SMILES string of the molecule is CCc1nc(N)cc(Oc2cccc(Cl)c2F)n1. The summed E-state index contributed by atoms with van der Waals surface area (Å²) in [6.07, 6.45) is 0.611. The molecular weight excluding hydrogens is 257 g/mol. The Morgan fingerprint density at radius 2 is 2.17 bits per heavy atom. The Morgan fingerprint density at radius 1 is 1.39 bits per heavy atom. The number of rotatable bonds is 3. The van der Waals surface area contributed by atoms with E-state index in [1.165, 1.54) is 18.2 Å². The van der Waals surface area contributed by atoms with Gasteiger partial charge < -0.3 is 10.5 Å². The Balaban J connectivity index is 2.34. The summed E-state index contributed by atoms with van der Waals surface area (Å²) >= 11 is 5.66. The van der Waals surface area contributed by atoms with Crippen LogP contribution in [-0.4, -0.2) is 9.97 Å². The fourth-order valence-electron chi connectivity index (χ4n) is 1.38. The van der Waals surface area contributed by atoms with Crippen molar-refractivity contribution in [3.63, 3.8) is 0 Å². The lowest BCUT2D eigenvalue weighted by Crippen LogP contribution is -2.01. The molecule has 0 radical (unpaired) electrons. The van der Waals surface area contributed by atoms with Crippen LogP contribution in [0.25, 0.3) is 0 Å². The molecule has 0 aliphatic carbocycles. The molecule has 0 bridgehead atoms. The number of nitrogens with two attached hydrogens (primary N) is 1. The van der Waals surface area contributed by atoms with Gasteiger partial charge in [0.15, 0.2) is 11.6 Å². The van der Waals surface area contributed by atoms with Crippen LogP contribution in [0, 0.1) is 5.82 Å². The van der Waals surface area contributed by atoms with E-state index in [-0.39, 0.29) is 22.5 Å². The molecule has 6 heteroatoms. The molecule has 0 atom stereocenters. The van der Waals surface area contributed by atoms with Gasteiger partial charge in [-0.2, -0.15) is 4.98 Å². The number of aromatic nitrogens is 2. The Morgan fingerprint density at radius 3 is 2.89 bits per heavy atom. The van der Waals surface area contributed by atoms with Gasteiger partial charge in [-0.05, 0) is 12.1 Å². The topological polar surface area (TPSA) is 61.0 Å². The molecule has 0 spiro atoms. The molecule has 0 saturated heterocycles. The van der Waals surface area contributed by atoms with E-state index in [2.05, 4.69) is 9.97 Å². The second kappa shape index (κ2) is 5.18. The highest BCUT2D eigenvalue weighted by Gasteiger charge is 2.10. The first kappa shape index (κ1) is 12.6. The maximum atomic E-state index is 13.6. The zero-order valence-electron chi connectivity index (χ0n) is 9.65. The Kier molecular flexibility index (Phi) is 3.62. The van der Waals surface area contributed by atoms with Crippen molar-refractivity contribution in [2.75, 3.05) is 5.73 Å². The van der Waals surface area contributed by atoms with E-state index < -0.39 is 5.82 Å². The van der Waals surface area contributed by atoms with Crippen LogP contribution >= 0.6 is 11.6 Å². The third-order valence-corrected chi connectivity index (χ3v) is 2.51. The van der Waals surface area contributed by atoms with E-state index in [1.807, 2.05) is 6.92 Å². The van der Waals surface area contributed by atoms with Gasteiger partial charge in [-0.15, -0.1) is 0 Å². The van der Waals surface area contributed by atoms with Crippen molar-refractivity contribution in [3.05, 3.63) is 40.9 Å². The van der Waals surface area contributed by atoms with Gasteiger partial charge in [0.1, 0.15) is 11.6 Å². The highest BCUT2D eigenvalue weighted by atomic mass is 35.5. The van der Waals surface area contributed by atoms with Crippen LogP contribution in [0.3, 0.4) is 0 Å². The van der Waals surface area contributed by atoms with E-state index in [9.17, 15) is 4.39 Å². The quantitative estimate of drug-likeness (QED) is 0.928. The number of hydrogen-bond donors (Lipinski definition) is 1. The molecule has 0 saturated carbocycles. The Labute approximate surface area is 109 Å². The summed E-state index contributed by atoms with van der Waals surface area (Å²) in [7, 11) is 0. The first-order chi connectivity index (χ1) is 8.60. The second-order valence-electron chi connectivity index (χ2n) is 3.55. The molecule has 0 aliphatic heterocycles. The zero-order chi connectivity index (χ0) is 13.1. The molecule has 2 rings (SSSR count). The maximum Gasteiger partial charge on any atom is 0.224 e. The minimum atomic E-state index is -0.630. The summed E-state index contributed by atoms with van der Waals surface area (Å²) in [4.78, 5) is 8.10. The number of ether oxygens (including phenoxy) is 1. The van der Waals surface area contributed by atoms with E-state index in [0.29, 0.717) is 12.2 Å². The molecule has 0 unspecified atom stereocenters. The zero-order valence-corrected chi connectivity index (χ0v) is 10.4. The van der Waals surface area contributed by atoms with Crippen LogP contribution in [-0.2, 0) is 6.42 Å². The van der Waals surface area contributed by atoms with Gasteiger partial charge in [0.25, 0.3) is 0 Å². The second-order valence-corrected chi connectivity index (χ2v) is 3.96. The molecule has 94 valence electrons. The fourth-order valence-corrected chi connectivity index (χ4v) is 1.54. The predicted molar refractivity (Wildman–Crippen MR) is 67.3 cm³/mol. The molecule has 2 N–H and O–H groups in total. The third kappa shape index (κ3) is 2.68. The van der Waals surface area contributed by atoms with Crippen molar-refractivity contribution in [1.82, 2.24) is 9.97 Å². The number of nitrogens with zero attached hydrogens (tertiary/aromatic N) is 2. The number of halogens is 2. The van der Waals surface area contributed by atoms with Gasteiger partial charge in [-0.25, -0.2) is 9.37 Å². The number of anilines is 1. The summed E-state index contributed by atoms with van der Waals surface area (Å²) in [6.45, 7) is 1.89. The molecule has 1 aromatic carbocycles. The minimum absolute atomic E-state index is 0.00246. The molecule has 0 fully saturated rings. The summed E-state index contributed by atoms with van der Waals surface area (Å²) in [5.74, 6) is 0.379. The lowest BCUT2D eigenvalue weighted by atomic mass is 10.3. The third-order valence-electron chi connectivity index (χ3n) is 2.22. The standard InChI is InChI=1S/C12H11ClFN3O/c1-2-10-16-9(15)6-11(17-10)18-8-5-3-4-7(13)12(8)14/h3-6H,2H2,1H3,(H2,15,16,17). The largest absolute Gasteiger partial charge is 0.436 e. The lowest BCUT2D eigenvalue weighted by Gasteiger charge is -2.08. The van der Waals surface area contributed by atoms with Gasteiger partial charge >= 0.3 is 0 Å². The number of benzene rings is 1. The smallest absolute Gasteiger partial charge is 0.224 e. The molecular formula is C12H11ClFN3O. The van der Waals surface area contributed by atoms with Gasteiger partial charge in [-0.3, -0.25) is 0 Å².